The Hall–Kier alpha value is -1.06. The Morgan fingerprint density at radius 3 is 2.00 bits per heavy atom. The Bertz CT molecular complexity index is 350. The minimum Gasteiger partial charge on any atom is -0.458 e. The first kappa shape index (κ1) is 18.0. The highest BCUT2D eigenvalue weighted by atomic mass is 16.6. The minimum atomic E-state index is -0.556. The number of nitrogens with one attached hydrogen (secondary N) is 1. The molecular formula is C17H31NO3. The van der Waals surface area contributed by atoms with Gasteiger partial charge in [-0.2, -0.15) is 0 Å². The first-order chi connectivity index (χ1) is 9.70. The van der Waals surface area contributed by atoms with Crippen LogP contribution in [0.3, 0.4) is 0 Å². The van der Waals surface area contributed by atoms with Gasteiger partial charge in [-0.05, 0) is 39.5 Å². The summed E-state index contributed by atoms with van der Waals surface area (Å²) in [5.41, 5.74) is -0.530. The maximum Gasteiger partial charge on any atom is 0.329 e. The third-order valence-electron chi connectivity index (χ3n) is 3.85. The van der Waals surface area contributed by atoms with Gasteiger partial charge in [0.25, 0.3) is 0 Å². The van der Waals surface area contributed by atoms with Crippen LogP contribution in [-0.4, -0.2) is 23.5 Å². The highest BCUT2D eigenvalue weighted by Gasteiger charge is 2.31. The summed E-state index contributed by atoms with van der Waals surface area (Å²) in [5.74, 6) is -0.244. The number of rotatable bonds is 4. The molecule has 1 aliphatic carbocycles. The summed E-state index contributed by atoms with van der Waals surface area (Å²) >= 11 is 0. The van der Waals surface area contributed by atoms with Crippen molar-refractivity contribution in [3.63, 3.8) is 0 Å². The Balaban J connectivity index is 2.64. The van der Waals surface area contributed by atoms with E-state index in [-0.39, 0.29) is 23.7 Å². The molecular weight excluding hydrogens is 266 g/mol. The van der Waals surface area contributed by atoms with Gasteiger partial charge in [0.2, 0.25) is 5.91 Å². The van der Waals surface area contributed by atoms with E-state index in [9.17, 15) is 9.59 Å². The summed E-state index contributed by atoms with van der Waals surface area (Å²) < 4.78 is 5.42. The molecule has 1 saturated carbocycles. The topological polar surface area (TPSA) is 55.4 Å². The summed E-state index contributed by atoms with van der Waals surface area (Å²) in [6, 6.07) is -0.556. The highest BCUT2D eigenvalue weighted by Crippen LogP contribution is 2.23. The normalized spacial score (nSPS) is 19.0. The summed E-state index contributed by atoms with van der Waals surface area (Å²) in [7, 11) is 0. The molecule has 0 spiro atoms. The molecule has 1 fully saturated rings. The van der Waals surface area contributed by atoms with Crippen molar-refractivity contribution in [1.82, 2.24) is 5.32 Å². The number of amides is 1. The quantitative estimate of drug-likeness (QED) is 0.639. The molecule has 0 aromatic carbocycles. The lowest BCUT2D eigenvalue weighted by Gasteiger charge is -2.27. The summed E-state index contributed by atoms with van der Waals surface area (Å²) in [4.78, 5) is 24.7. The standard InChI is InChI=1S/C17H31NO3/c1-12(2)14(16(20)21-17(3,4)5)18-15(19)13-10-8-6-7-9-11-13/h12-14H,6-11H2,1-5H3,(H,18,19)/t14-/m1/s1. The minimum absolute atomic E-state index is 0.0152. The molecule has 0 aromatic rings. The van der Waals surface area contributed by atoms with Crippen LogP contribution in [0, 0.1) is 11.8 Å². The molecule has 0 radical (unpaired) electrons. The van der Waals surface area contributed by atoms with E-state index >= 15 is 0 Å². The van der Waals surface area contributed by atoms with Crippen molar-refractivity contribution in [2.45, 2.75) is 84.8 Å². The van der Waals surface area contributed by atoms with Crippen LogP contribution in [0.4, 0.5) is 0 Å². The van der Waals surface area contributed by atoms with Crippen LogP contribution in [0.15, 0.2) is 0 Å². The third-order valence-corrected chi connectivity index (χ3v) is 3.85. The molecule has 0 aromatic heterocycles. The Morgan fingerprint density at radius 2 is 1.57 bits per heavy atom. The molecule has 0 saturated heterocycles. The van der Waals surface area contributed by atoms with Crippen molar-refractivity contribution < 1.29 is 14.3 Å². The van der Waals surface area contributed by atoms with Gasteiger partial charge in [-0.25, -0.2) is 4.79 Å². The number of hydrogen-bond donors (Lipinski definition) is 1. The van der Waals surface area contributed by atoms with Gasteiger partial charge in [0, 0.05) is 5.92 Å². The molecule has 0 bridgehead atoms. The Labute approximate surface area is 129 Å². The molecule has 21 heavy (non-hydrogen) atoms. The zero-order valence-electron chi connectivity index (χ0n) is 14.2. The predicted molar refractivity (Wildman–Crippen MR) is 83.8 cm³/mol. The van der Waals surface area contributed by atoms with Crippen molar-refractivity contribution in [2.75, 3.05) is 0 Å². The first-order valence-corrected chi connectivity index (χ1v) is 8.24. The van der Waals surface area contributed by atoms with Crippen LogP contribution >= 0.6 is 0 Å². The molecule has 122 valence electrons. The van der Waals surface area contributed by atoms with Gasteiger partial charge in [-0.3, -0.25) is 4.79 Å². The summed E-state index contributed by atoms with van der Waals surface area (Å²) in [5, 5.41) is 2.92. The zero-order chi connectivity index (χ0) is 16.0. The van der Waals surface area contributed by atoms with Crippen molar-refractivity contribution >= 4 is 11.9 Å². The smallest absolute Gasteiger partial charge is 0.329 e. The van der Waals surface area contributed by atoms with Crippen molar-refractivity contribution in [1.29, 1.82) is 0 Å². The molecule has 1 rings (SSSR count). The van der Waals surface area contributed by atoms with Gasteiger partial charge in [0.05, 0.1) is 0 Å². The van der Waals surface area contributed by atoms with Crippen LogP contribution in [0.5, 0.6) is 0 Å². The number of esters is 1. The second-order valence-electron chi connectivity index (χ2n) is 7.45. The fourth-order valence-corrected chi connectivity index (χ4v) is 2.68. The SMILES string of the molecule is CC(C)[C@@H](NC(=O)C1CCCCCC1)C(=O)OC(C)(C)C. The molecule has 1 aliphatic rings. The second kappa shape index (κ2) is 7.81. The van der Waals surface area contributed by atoms with E-state index in [1.807, 2.05) is 34.6 Å². The van der Waals surface area contributed by atoms with E-state index in [1.165, 1.54) is 12.8 Å². The molecule has 1 amide bonds. The number of carbonyl (C=O) groups excluding carboxylic acids is 2. The van der Waals surface area contributed by atoms with E-state index in [1.54, 1.807) is 0 Å². The van der Waals surface area contributed by atoms with Crippen molar-refractivity contribution in [2.24, 2.45) is 11.8 Å². The average molecular weight is 297 g/mol. The molecule has 0 heterocycles. The average Bonchev–Trinajstić information content (AvgIpc) is 2.61. The lowest BCUT2D eigenvalue weighted by Crippen LogP contribution is -2.49. The molecule has 4 nitrogen and oxygen atoms in total. The maximum atomic E-state index is 12.4. The molecule has 1 atom stereocenters. The van der Waals surface area contributed by atoms with Gasteiger partial charge in [-0.15, -0.1) is 0 Å². The van der Waals surface area contributed by atoms with E-state index < -0.39 is 11.6 Å². The molecule has 0 unspecified atom stereocenters. The van der Waals surface area contributed by atoms with Crippen LogP contribution in [0.2, 0.25) is 0 Å². The third kappa shape index (κ3) is 6.49. The molecule has 0 aliphatic heterocycles. The van der Waals surface area contributed by atoms with E-state index in [0.717, 1.165) is 25.7 Å². The second-order valence-corrected chi connectivity index (χ2v) is 7.45. The first-order valence-electron chi connectivity index (χ1n) is 8.24. The fraction of sp³-hybridized carbons (Fsp3) is 0.882. The summed E-state index contributed by atoms with van der Waals surface area (Å²) in [6.07, 6.45) is 6.51. The number of carbonyl (C=O) groups is 2. The Kier molecular flexibility index (Phi) is 6.69. The fourth-order valence-electron chi connectivity index (χ4n) is 2.68. The Morgan fingerprint density at radius 1 is 1.05 bits per heavy atom. The van der Waals surface area contributed by atoms with Crippen molar-refractivity contribution in [3.05, 3.63) is 0 Å². The van der Waals surface area contributed by atoms with Gasteiger partial charge in [0.1, 0.15) is 11.6 Å². The highest BCUT2D eigenvalue weighted by molar-refractivity contribution is 5.86. The number of ether oxygens (including phenoxy) is 1. The van der Waals surface area contributed by atoms with E-state index in [0.29, 0.717) is 0 Å². The summed E-state index contributed by atoms with van der Waals surface area (Å²) in [6.45, 7) is 9.39. The predicted octanol–water partition coefficient (Wildman–Crippen LogP) is 3.44. The molecule has 4 heteroatoms. The van der Waals surface area contributed by atoms with Crippen LogP contribution in [-0.2, 0) is 14.3 Å². The monoisotopic (exact) mass is 297 g/mol. The van der Waals surface area contributed by atoms with Crippen LogP contribution in [0.1, 0.15) is 73.1 Å². The van der Waals surface area contributed by atoms with Crippen LogP contribution in [0.25, 0.3) is 0 Å². The van der Waals surface area contributed by atoms with E-state index in [4.69, 9.17) is 4.74 Å². The van der Waals surface area contributed by atoms with E-state index in [2.05, 4.69) is 5.32 Å². The van der Waals surface area contributed by atoms with Gasteiger partial charge in [0.15, 0.2) is 0 Å². The van der Waals surface area contributed by atoms with Gasteiger partial charge >= 0.3 is 5.97 Å². The zero-order valence-corrected chi connectivity index (χ0v) is 14.2. The van der Waals surface area contributed by atoms with Gasteiger partial charge < -0.3 is 10.1 Å². The van der Waals surface area contributed by atoms with Gasteiger partial charge in [-0.1, -0.05) is 39.5 Å². The maximum absolute atomic E-state index is 12.4. The largest absolute Gasteiger partial charge is 0.458 e. The van der Waals surface area contributed by atoms with Crippen molar-refractivity contribution in [3.8, 4) is 0 Å². The number of hydrogen-bond acceptors (Lipinski definition) is 3. The van der Waals surface area contributed by atoms with Crippen LogP contribution < -0.4 is 5.32 Å². The molecule has 1 N–H and O–H groups in total. The lowest BCUT2D eigenvalue weighted by molar-refractivity contribution is -0.160. The lowest BCUT2D eigenvalue weighted by atomic mass is 9.97.